The van der Waals surface area contributed by atoms with Gasteiger partial charge in [-0.05, 0) is 34.1 Å². The molecule has 112 valence electrons. The predicted molar refractivity (Wildman–Crippen MR) is 81.8 cm³/mol. The molecule has 0 rings (SSSR count). The Balaban J connectivity index is 4.58. The van der Waals surface area contributed by atoms with Crippen molar-refractivity contribution in [3.8, 4) is 0 Å². The number of hydrogen-bond acceptors (Lipinski definition) is 3. The molecule has 0 aliphatic rings. The largest absolute Gasteiger partial charge is 0.313 e. The molecule has 0 aromatic heterocycles. The lowest BCUT2D eigenvalue weighted by Gasteiger charge is -2.40. The Labute approximate surface area is 118 Å². The lowest BCUT2D eigenvalue weighted by atomic mass is 10.2. The van der Waals surface area contributed by atoms with Crippen molar-refractivity contribution in [2.24, 2.45) is 0 Å². The number of rotatable bonds is 10. The fourth-order valence-corrected chi connectivity index (χ4v) is 2.26. The van der Waals surface area contributed by atoms with Crippen LogP contribution in [-0.4, -0.2) is 47.6 Å². The quantitative estimate of drug-likeness (QED) is 0.376. The number of nitrogens with zero attached hydrogens (tertiary/aromatic N) is 2. The first-order valence-electron chi connectivity index (χ1n) is 7.35. The second-order valence-corrected chi connectivity index (χ2v) is 5.33. The SMILES string of the molecule is C=CCNCCC(=O)N(CCC)N(C(C)C)C(C)C. The molecule has 4 heteroatoms. The molecule has 19 heavy (non-hydrogen) atoms. The number of hydrogen-bond donors (Lipinski definition) is 1. The monoisotopic (exact) mass is 269 g/mol. The summed E-state index contributed by atoms with van der Waals surface area (Å²) in [6, 6.07) is 0.660. The number of nitrogens with one attached hydrogen (secondary N) is 1. The Hall–Kier alpha value is -0.870. The highest BCUT2D eigenvalue weighted by Crippen LogP contribution is 2.12. The maximum absolute atomic E-state index is 12.4. The van der Waals surface area contributed by atoms with Crippen LogP contribution in [0.25, 0.3) is 0 Å². The van der Waals surface area contributed by atoms with Crippen molar-refractivity contribution in [2.75, 3.05) is 19.6 Å². The van der Waals surface area contributed by atoms with E-state index in [0.717, 1.165) is 19.5 Å². The summed E-state index contributed by atoms with van der Waals surface area (Å²) in [4.78, 5) is 12.4. The molecule has 0 unspecified atom stereocenters. The molecular weight excluding hydrogens is 238 g/mol. The van der Waals surface area contributed by atoms with Gasteiger partial charge in [0.15, 0.2) is 0 Å². The van der Waals surface area contributed by atoms with E-state index in [1.807, 2.05) is 11.1 Å². The molecule has 0 radical (unpaired) electrons. The Morgan fingerprint density at radius 2 is 1.84 bits per heavy atom. The van der Waals surface area contributed by atoms with Gasteiger partial charge in [-0.25, -0.2) is 5.01 Å². The summed E-state index contributed by atoms with van der Waals surface area (Å²) in [7, 11) is 0. The van der Waals surface area contributed by atoms with E-state index in [9.17, 15) is 4.79 Å². The van der Waals surface area contributed by atoms with E-state index in [2.05, 4.69) is 51.5 Å². The van der Waals surface area contributed by atoms with Crippen LogP contribution in [0.3, 0.4) is 0 Å². The smallest absolute Gasteiger partial charge is 0.238 e. The highest BCUT2D eigenvalue weighted by Gasteiger charge is 2.24. The van der Waals surface area contributed by atoms with Gasteiger partial charge in [0, 0.05) is 38.1 Å². The van der Waals surface area contributed by atoms with Gasteiger partial charge in [-0.3, -0.25) is 9.80 Å². The summed E-state index contributed by atoms with van der Waals surface area (Å²) in [6.07, 6.45) is 3.31. The molecule has 0 bridgehead atoms. The Morgan fingerprint density at radius 3 is 2.26 bits per heavy atom. The molecule has 0 fully saturated rings. The lowest BCUT2D eigenvalue weighted by Crippen LogP contribution is -2.53. The van der Waals surface area contributed by atoms with Crippen LogP contribution in [0.2, 0.25) is 0 Å². The normalized spacial score (nSPS) is 11.4. The Bertz CT molecular complexity index is 256. The molecule has 1 amide bonds. The van der Waals surface area contributed by atoms with Crippen LogP contribution in [0.5, 0.6) is 0 Å². The van der Waals surface area contributed by atoms with Gasteiger partial charge >= 0.3 is 0 Å². The van der Waals surface area contributed by atoms with E-state index >= 15 is 0 Å². The van der Waals surface area contributed by atoms with Crippen LogP contribution in [0, 0.1) is 0 Å². The van der Waals surface area contributed by atoms with Crippen molar-refractivity contribution in [1.82, 2.24) is 15.3 Å². The van der Waals surface area contributed by atoms with Crippen LogP contribution in [0.1, 0.15) is 47.5 Å². The molecule has 1 N–H and O–H groups in total. The average molecular weight is 269 g/mol. The summed E-state index contributed by atoms with van der Waals surface area (Å²) in [5, 5.41) is 7.28. The van der Waals surface area contributed by atoms with Crippen molar-refractivity contribution < 1.29 is 4.79 Å². The van der Waals surface area contributed by atoms with Gasteiger partial charge in [0.25, 0.3) is 0 Å². The maximum atomic E-state index is 12.4. The molecule has 0 saturated heterocycles. The van der Waals surface area contributed by atoms with E-state index in [1.54, 1.807) is 0 Å². The van der Waals surface area contributed by atoms with E-state index in [0.29, 0.717) is 25.0 Å². The second kappa shape index (κ2) is 9.98. The molecule has 0 spiro atoms. The molecule has 0 aromatic carbocycles. The Kier molecular flexibility index (Phi) is 9.53. The third-order valence-electron chi connectivity index (χ3n) is 2.86. The van der Waals surface area contributed by atoms with Crippen molar-refractivity contribution >= 4 is 5.91 Å². The van der Waals surface area contributed by atoms with E-state index in [-0.39, 0.29) is 5.91 Å². The molecular formula is C15H31N3O. The summed E-state index contributed by atoms with van der Waals surface area (Å²) >= 11 is 0. The first kappa shape index (κ1) is 18.1. The van der Waals surface area contributed by atoms with Gasteiger partial charge in [-0.2, -0.15) is 0 Å². The van der Waals surface area contributed by atoms with E-state index in [1.165, 1.54) is 0 Å². The van der Waals surface area contributed by atoms with Gasteiger partial charge in [0.05, 0.1) is 0 Å². The van der Waals surface area contributed by atoms with Crippen molar-refractivity contribution in [1.29, 1.82) is 0 Å². The molecule has 0 aliphatic heterocycles. The van der Waals surface area contributed by atoms with Crippen LogP contribution in [-0.2, 0) is 4.79 Å². The zero-order valence-corrected chi connectivity index (χ0v) is 13.3. The fraction of sp³-hybridized carbons (Fsp3) is 0.800. The van der Waals surface area contributed by atoms with Crippen LogP contribution in [0.4, 0.5) is 0 Å². The fourth-order valence-electron chi connectivity index (χ4n) is 2.26. The predicted octanol–water partition coefficient (Wildman–Crippen LogP) is 2.42. The third kappa shape index (κ3) is 6.73. The average Bonchev–Trinajstić information content (AvgIpc) is 2.33. The molecule has 0 aromatic rings. The highest BCUT2D eigenvalue weighted by molar-refractivity contribution is 5.75. The minimum absolute atomic E-state index is 0.195. The van der Waals surface area contributed by atoms with Gasteiger partial charge in [0.1, 0.15) is 0 Å². The minimum Gasteiger partial charge on any atom is -0.313 e. The van der Waals surface area contributed by atoms with Crippen LogP contribution in [0.15, 0.2) is 12.7 Å². The topological polar surface area (TPSA) is 35.6 Å². The standard InChI is InChI=1S/C15H31N3O/c1-7-10-16-11-9-15(19)17(12-8-2)18(13(3)4)14(5)6/h7,13-14,16H,1,8-12H2,2-6H3. The number of carbonyl (C=O) groups excluding carboxylic acids is 1. The Morgan fingerprint density at radius 1 is 1.26 bits per heavy atom. The number of carbonyl (C=O) groups is 1. The first-order chi connectivity index (χ1) is 8.95. The van der Waals surface area contributed by atoms with Gasteiger partial charge in [-0.15, -0.1) is 6.58 Å². The third-order valence-corrected chi connectivity index (χ3v) is 2.86. The zero-order chi connectivity index (χ0) is 14.8. The van der Waals surface area contributed by atoms with Crippen molar-refractivity contribution in [3.05, 3.63) is 12.7 Å². The lowest BCUT2D eigenvalue weighted by molar-refractivity contribution is -0.157. The first-order valence-corrected chi connectivity index (χ1v) is 7.35. The zero-order valence-electron chi connectivity index (χ0n) is 13.3. The summed E-state index contributed by atoms with van der Waals surface area (Å²) in [5.74, 6) is 0.195. The van der Waals surface area contributed by atoms with Crippen LogP contribution < -0.4 is 5.32 Å². The maximum Gasteiger partial charge on any atom is 0.238 e. The van der Waals surface area contributed by atoms with Crippen molar-refractivity contribution in [2.45, 2.75) is 59.5 Å². The molecule has 0 heterocycles. The molecule has 0 atom stereocenters. The second-order valence-electron chi connectivity index (χ2n) is 5.33. The van der Waals surface area contributed by atoms with E-state index < -0.39 is 0 Å². The molecule has 4 nitrogen and oxygen atoms in total. The minimum atomic E-state index is 0.195. The van der Waals surface area contributed by atoms with Gasteiger partial charge in [-0.1, -0.05) is 13.0 Å². The number of hydrazine groups is 1. The highest BCUT2D eigenvalue weighted by atomic mass is 16.2. The van der Waals surface area contributed by atoms with Crippen LogP contribution >= 0.6 is 0 Å². The number of amides is 1. The van der Waals surface area contributed by atoms with E-state index in [4.69, 9.17) is 0 Å². The van der Waals surface area contributed by atoms with Crippen molar-refractivity contribution in [3.63, 3.8) is 0 Å². The molecule has 0 saturated carbocycles. The van der Waals surface area contributed by atoms with Gasteiger partial charge in [0.2, 0.25) is 5.91 Å². The summed E-state index contributed by atoms with van der Waals surface area (Å²) in [5.41, 5.74) is 0. The molecule has 0 aliphatic carbocycles. The summed E-state index contributed by atoms with van der Waals surface area (Å²) < 4.78 is 0. The summed E-state index contributed by atoms with van der Waals surface area (Å²) in [6.45, 7) is 16.5. The van der Waals surface area contributed by atoms with Gasteiger partial charge < -0.3 is 5.32 Å².